The fourth-order valence-electron chi connectivity index (χ4n) is 3.31. The van der Waals surface area contributed by atoms with E-state index in [0.717, 1.165) is 28.6 Å². The van der Waals surface area contributed by atoms with Crippen molar-refractivity contribution in [3.8, 4) is 0 Å². The van der Waals surface area contributed by atoms with Gasteiger partial charge in [0.25, 0.3) is 0 Å². The van der Waals surface area contributed by atoms with Crippen LogP contribution in [0.3, 0.4) is 0 Å². The number of hydrogen-bond acceptors (Lipinski definition) is 6. The highest BCUT2D eigenvalue weighted by atomic mass is 19.4. The van der Waals surface area contributed by atoms with Crippen molar-refractivity contribution in [2.45, 2.75) is 31.7 Å². The molecular weight excluding hydrogens is 474 g/mol. The molecule has 6 nitrogen and oxygen atoms in total. The number of aryl methyl sites for hydroxylation is 1. The fraction of sp³-hybridized carbons (Fsp3) is 0.217. The second-order valence-electron chi connectivity index (χ2n) is 7.56. The molecule has 182 valence electrons. The van der Waals surface area contributed by atoms with Gasteiger partial charge in [0, 0.05) is 30.2 Å². The van der Waals surface area contributed by atoms with Gasteiger partial charge in [0.15, 0.2) is 0 Å². The number of halogens is 6. The quantitative estimate of drug-likeness (QED) is 0.296. The highest BCUT2D eigenvalue weighted by molar-refractivity contribution is 5.81. The first-order valence-corrected chi connectivity index (χ1v) is 10.4. The SMILES string of the molecule is FC(F)(F)CCc1nc(NCc2cccc3cccnc23)nc(Nc2cccc(C(F)(F)F)c2)n1. The Hall–Kier alpha value is -3.96. The molecule has 0 atom stereocenters. The third-order valence-electron chi connectivity index (χ3n) is 4.91. The lowest BCUT2D eigenvalue weighted by Gasteiger charge is -2.13. The van der Waals surface area contributed by atoms with Crippen LogP contribution < -0.4 is 10.6 Å². The second kappa shape index (κ2) is 9.72. The molecule has 0 unspecified atom stereocenters. The van der Waals surface area contributed by atoms with E-state index in [0.29, 0.717) is 0 Å². The third kappa shape index (κ3) is 6.55. The van der Waals surface area contributed by atoms with Crippen molar-refractivity contribution in [2.75, 3.05) is 10.6 Å². The zero-order valence-corrected chi connectivity index (χ0v) is 18.0. The molecule has 0 radical (unpaired) electrons. The fourth-order valence-corrected chi connectivity index (χ4v) is 3.31. The number of benzene rings is 2. The Balaban J connectivity index is 1.60. The van der Waals surface area contributed by atoms with Crippen LogP contribution in [0.1, 0.15) is 23.4 Å². The summed E-state index contributed by atoms with van der Waals surface area (Å²) in [5.41, 5.74) is 0.663. The lowest BCUT2D eigenvalue weighted by molar-refractivity contribution is -0.137. The minimum Gasteiger partial charge on any atom is -0.350 e. The molecule has 12 heteroatoms. The molecule has 0 aliphatic carbocycles. The first-order chi connectivity index (χ1) is 16.6. The first-order valence-electron chi connectivity index (χ1n) is 10.4. The number of nitrogens with zero attached hydrogens (tertiary/aromatic N) is 4. The third-order valence-corrected chi connectivity index (χ3v) is 4.91. The molecule has 2 aromatic heterocycles. The van der Waals surface area contributed by atoms with Crippen molar-refractivity contribution in [1.82, 2.24) is 19.9 Å². The van der Waals surface area contributed by atoms with Gasteiger partial charge in [-0.3, -0.25) is 4.98 Å². The van der Waals surface area contributed by atoms with Gasteiger partial charge in [-0.2, -0.15) is 41.3 Å². The van der Waals surface area contributed by atoms with Crippen molar-refractivity contribution in [2.24, 2.45) is 0 Å². The molecule has 0 spiro atoms. The van der Waals surface area contributed by atoms with Crippen molar-refractivity contribution in [3.63, 3.8) is 0 Å². The minimum absolute atomic E-state index is 0.0250. The highest BCUT2D eigenvalue weighted by Crippen LogP contribution is 2.31. The molecule has 0 bridgehead atoms. The zero-order chi connectivity index (χ0) is 25.1. The van der Waals surface area contributed by atoms with Crippen molar-refractivity contribution in [3.05, 3.63) is 77.7 Å². The molecule has 0 saturated heterocycles. The maximum atomic E-state index is 13.0. The van der Waals surface area contributed by atoms with Crippen LogP contribution in [0.4, 0.5) is 43.9 Å². The van der Waals surface area contributed by atoms with E-state index in [1.807, 2.05) is 24.3 Å². The molecule has 0 amide bonds. The molecule has 35 heavy (non-hydrogen) atoms. The summed E-state index contributed by atoms with van der Waals surface area (Å²) in [6.45, 7) is 0.208. The minimum atomic E-state index is -4.56. The van der Waals surface area contributed by atoms with Crippen LogP contribution in [-0.4, -0.2) is 26.1 Å². The van der Waals surface area contributed by atoms with E-state index < -0.39 is 30.8 Å². The van der Waals surface area contributed by atoms with Crippen molar-refractivity contribution in [1.29, 1.82) is 0 Å². The van der Waals surface area contributed by atoms with E-state index in [4.69, 9.17) is 0 Å². The molecule has 4 aromatic rings. The highest BCUT2D eigenvalue weighted by Gasteiger charge is 2.30. The number of rotatable bonds is 7. The summed E-state index contributed by atoms with van der Waals surface area (Å²) in [6.07, 6.45) is -9.03. The van der Waals surface area contributed by atoms with Gasteiger partial charge in [-0.25, -0.2) is 0 Å². The lowest BCUT2D eigenvalue weighted by atomic mass is 10.1. The Morgan fingerprint density at radius 2 is 1.54 bits per heavy atom. The molecule has 0 aliphatic rings. The number of hydrogen-bond donors (Lipinski definition) is 2. The number of fused-ring (bicyclic) bond motifs is 1. The second-order valence-corrected chi connectivity index (χ2v) is 7.56. The molecule has 0 aliphatic heterocycles. The van der Waals surface area contributed by atoms with Gasteiger partial charge >= 0.3 is 12.4 Å². The molecule has 2 aromatic carbocycles. The molecule has 0 fully saturated rings. The summed E-state index contributed by atoms with van der Waals surface area (Å²) >= 11 is 0. The number of pyridine rings is 1. The van der Waals surface area contributed by atoms with Crippen molar-refractivity contribution >= 4 is 28.5 Å². The van der Waals surface area contributed by atoms with Gasteiger partial charge in [-0.15, -0.1) is 0 Å². The smallest absolute Gasteiger partial charge is 0.350 e. The Morgan fingerprint density at radius 3 is 2.31 bits per heavy atom. The Morgan fingerprint density at radius 1 is 0.800 bits per heavy atom. The number of para-hydroxylation sites is 1. The summed E-state index contributed by atoms with van der Waals surface area (Å²) in [7, 11) is 0. The van der Waals surface area contributed by atoms with E-state index in [-0.39, 0.29) is 30.0 Å². The van der Waals surface area contributed by atoms with E-state index in [9.17, 15) is 26.3 Å². The van der Waals surface area contributed by atoms with Gasteiger partial charge < -0.3 is 10.6 Å². The zero-order valence-electron chi connectivity index (χ0n) is 18.0. The molecule has 4 rings (SSSR count). The number of anilines is 3. The van der Waals surface area contributed by atoms with Gasteiger partial charge in [0.05, 0.1) is 17.5 Å². The number of alkyl halides is 6. The van der Waals surface area contributed by atoms with Crippen LogP contribution in [0.25, 0.3) is 10.9 Å². The monoisotopic (exact) mass is 492 g/mol. The summed E-state index contributed by atoms with van der Waals surface area (Å²) in [4.78, 5) is 16.5. The maximum absolute atomic E-state index is 13.0. The van der Waals surface area contributed by atoms with Crippen LogP contribution in [0.5, 0.6) is 0 Å². The molecule has 2 N–H and O–H groups in total. The average Bonchev–Trinajstić information content (AvgIpc) is 2.80. The number of nitrogens with one attached hydrogen (secondary N) is 2. The summed E-state index contributed by atoms with van der Waals surface area (Å²) < 4.78 is 77.3. The van der Waals surface area contributed by atoms with Gasteiger partial charge in [-0.1, -0.05) is 30.3 Å². The van der Waals surface area contributed by atoms with Crippen LogP contribution in [0.15, 0.2) is 60.8 Å². The Bertz CT molecular complexity index is 1320. The van der Waals surface area contributed by atoms with Crippen LogP contribution in [0, 0.1) is 0 Å². The van der Waals surface area contributed by atoms with Crippen LogP contribution in [0.2, 0.25) is 0 Å². The maximum Gasteiger partial charge on any atom is 0.416 e. The summed E-state index contributed by atoms with van der Waals surface area (Å²) in [5.74, 6) is -0.375. The number of aromatic nitrogens is 4. The Kier molecular flexibility index (Phi) is 6.72. The van der Waals surface area contributed by atoms with Crippen molar-refractivity contribution < 1.29 is 26.3 Å². The average molecular weight is 492 g/mol. The first kappa shape index (κ1) is 24.2. The summed E-state index contributed by atoms with van der Waals surface area (Å²) in [6, 6.07) is 13.6. The predicted octanol–water partition coefficient (Wildman–Crippen LogP) is 6.29. The molecule has 2 heterocycles. The van der Waals surface area contributed by atoms with E-state index >= 15 is 0 Å². The Labute approximate surface area is 195 Å². The van der Waals surface area contributed by atoms with Crippen LogP contribution >= 0.6 is 0 Å². The largest absolute Gasteiger partial charge is 0.416 e. The van der Waals surface area contributed by atoms with E-state index in [2.05, 4.69) is 30.6 Å². The molecular formula is C23H18F6N6. The van der Waals surface area contributed by atoms with Gasteiger partial charge in [0.1, 0.15) is 5.82 Å². The standard InChI is InChI=1S/C23H18F6N6/c24-22(25,26)10-9-18-33-20(31-13-15-5-1-4-14-6-3-11-30-19(14)15)35-21(34-18)32-17-8-2-7-16(12-17)23(27,28)29/h1-8,11-12H,9-10,13H2,(H2,31,32,33,34,35). The lowest BCUT2D eigenvalue weighted by Crippen LogP contribution is -2.14. The van der Waals surface area contributed by atoms with E-state index in [1.165, 1.54) is 12.1 Å². The normalized spacial score (nSPS) is 12.1. The topological polar surface area (TPSA) is 75.6 Å². The predicted molar refractivity (Wildman–Crippen MR) is 118 cm³/mol. The van der Waals surface area contributed by atoms with Gasteiger partial charge in [-0.05, 0) is 29.8 Å². The van der Waals surface area contributed by atoms with Gasteiger partial charge in [0.2, 0.25) is 11.9 Å². The van der Waals surface area contributed by atoms with E-state index in [1.54, 1.807) is 12.3 Å². The van der Waals surface area contributed by atoms with Crippen LogP contribution in [-0.2, 0) is 19.1 Å². The summed E-state index contributed by atoms with van der Waals surface area (Å²) in [5, 5.41) is 6.48. The molecule has 0 saturated carbocycles.